The van der Waals surface area contributed by atoms with Crippen molar-refractivity contribution in [3.05, 3.63) is 40.8 Å². The van der Waals surface area contributed by atoms with Gasteiger partial charge in [-0.25, -0.2) is 9.78 Å². The van der Waals surface area contributed by atoms with Crippen LogP contribution in [-0.4, -0.2) is 18.1 Å². The third kappa shape index (κ3) is 2.74. The average Bonchev–Trinajstić information content (AvgIpc) is 2.85. The molecular formula is C16H19NO3. The fraction of sp³-hybridized carbons (Fsp3) is 0.375. The monoisotopic (exact) mass is 273 g/mol. The van der Waals surface area contributed by atoms with Crippen LogP contribution in [0.4, 0.5) is 0 Å². The van der Waals surface area contributed by atoms with Crippen LogP contribution in [-0.2, 0) is 11.2 Å². The summed E-state index contributed by atoms with van der Waals surface area (Å²) < 4.78 is 10.4. The lowest BCUT2D eigenvalue weighted by molar-refractivity contribution is 0.0564. The predicted molar refractivity (Wildman–Crippen MR) is 76.7 cm³/mol. The smallest absolute Gasteiger partial charge is 0.376 e. The lowest BCUT2D eigenvalue weighted by atomic mass is 10.1. The molecule has 0 radical (unpaired) electrons. The predicted octanol–water partition coefficient (Wildman–Crippen LogP) is 3.70. The van der Waals surface area contributed by atoms with Crippen LogP contribution < -0.4 is 0 Å². The Hall–Kier alpha value is -2.10. The Labute approximate surface area is 118 Å². The van der Waals surface area contributed by atoms with E-state index in [9.17, 15) is 4.79 Å². The zero-order chi connectivity index (χ0) is 14.7. The van der Waals surface area contributed by atoms with E-state index in [4.69, 9.17) is 9.15 Å². The highest BCUT2D eigenvalue weighted by molar-refractivity contribution is 5.88. The van der Waals surface area contributed by atoms with Gasteiger partial charge in [-0.15, -0.1) is 0 Å². The van der Waals surface area contributed by atoms with Crippen molar-refractivity contribution in [2.24, 2.45) is 0 Å². The van der Waals surface area contributed by atoms with Crippen LogP contribution in [0.5, 0.6) is 0 Å². The van der Waals surface area contributed by atoms with Crippen molar-refractivity contribution >= 4 is 5.97 Å². The van der Waals surface area contributed by atoms with E-state index in [1.807, 2.05) is 39.0 Å². The van der Waals surface area contributed by atoms with Crippen molar-refractivity contribution in [2.75, 3.05) is 7.11 Å². The normalized spacial score (nSPS) is 10.6. The molecule has 0 spiro atoms. The minimum atomic E-state index is -0.475. The number of hydrogen-bond donors (Lipinski definition) is 0. The zero-order valence-electron chi connectivity index (χ0n) is 12.3. The van der Waals surface area contributed by atoms with Crippen LogP contribution in [0.3, 0.4) is 0 Å². The summed E-state index contributed by atoms with van der Waals surface area (Å²) in [5.74, 6) is 0.220. The largest absolute Gasteiger partial charge is 0.463 e. The summed E-state index contributed by atoms with van der Waals surface area (Å²) in [5, 5.41) is 0. The number of benzene rings is 1. The van der Waals surface area contributed by atoms with E-state index in [0.29, 0.717) is 18.0 Å². The lowest BCUT2D eigenvalue weighted by Crippen LogP contribution is -2.03. The van der Waals surface area contributed by atoms with Gasteiger partial charge >= 0.3 is 5.97 Å². The van der Waals surface area contributed by atoms with Gasteiger partial charge in [0.15, 0.2) is 0 Å². The number of carbonyl (C=O) groups is 1. The summed E-state index contributed by atoms with van der Waals surface area (Å²) >= 11 is 0. The number of methoxy groups -OCH3 is 1. The molecule has 20 heavy (non-hydrogen) atoms. The number of aromatic nitrogens is 1. The molecule has 1 aromatic heterocycles. The molecule has 0 saturated carbocycles. The van der Waals surface area contributed by atoms with Gasteiger partial charge in [-0.3, -0.25) is 0 Å². The number of oxazole rings is 1. The maximum Gasteiger partial charge on any atom is 0.376 e. The molecular weight excluding hydrogens is 254 g/mol. The molecule has 0 aliphatic heterocycles. The number of aryl methyl sites for hydroxylation is 3. The van der Waals surface area contributed by atoms with Crippen molar-refractivity contribution in [3.63, 3.8) is 0 Å². The molecule has 106 valence electrons. The van der Waals surface area contributed by atoms with E-state index < -0.39 is 5.97 Å². The Bertz CT molecular complexity index is 629. The van der Waals surface area contributed by atoms with Crippen molar-refractivity contribution in [2.45, 2.75) is 33.6 Å². The summed E-state index contributed by atoms with van der Waals surface area (Å²) in [5.41, 5.74) is 3.77. The highest BCUT2D eigenvalue weighted by Gasteiger charge is 2.21. The molecule has 4 nitrogen and oxygen atoms in total. The zero-order valence-corrected chi connectivity index (χ0v) is 12.3. The van der Waals surface area contributed by atoms with Gasteiger partial charge in [-0.1, -0.05) is 31.0 Å². The molecule has 2 rings (SSSR count). The molecule has 0 bridgehead atoms. The molecule has 2 aromatic rings. The summed E-state index contributed by atoms with van der Waals surface area (Å²) in [6, 6.07) is 6.07. The molecule has 0 unspecified atom stereocenters. The first-order chi connectivity index (χ1) is 9.56. The second-order valence-electron chi connectivity index (χ2n) is 4.85. The Morgan fingerprint density at radius 2 is 2.10 bits per heavy atom. The molecule has 0 amide bonds. The fourth-order valence-corrected chi connectivity index (χ4v) is 2.09. The number of esters is 1. The number of hydrogen-bond acceptors (Lipinski definition) is 4. The number of carbonyl (C=O) groups excluding carboxylic acids is 1. The molecule has 0 atom stereocenters. The van der Waals surface area contributed by atoms with E-state index >= 15 is 0 Å². The Balaban J connectivity index is 2.52. The van der Waals surface area contributed by atoms with Crippen molar-refractivity contribution in [1.29, 1.82) is 0 Å². The van der Waals surface area contributed by atoms with Crippen molar-refractivity contribution < 1.29 is 13.9 Å². The molecule has 0 saturated heterocycles. The topological polar surface area (TPSA) is 52.3 Å². The first-order valence-corrected chi connectivity index (χ1v) is 6.72. The van der Waals surface area contributed by atoms with E-state index in [-0.39, 0.29) is 5.76 Å². The highest BCUT2D eigenvalue weighted by atomic mass is 16.5. The highest BCUT2D eigenvalue weighted by Crippen LogP contribution is 2.27. The third-order valence-corrected chi connectivity index (χ3v) is 3.18. The quantitative estimate of drug-likeness (QED) is 0.797. The lowest BCUT2D eigenvalue weighted by Gasteiger charge is -2.02. The van der Waals surface area contributed by atoms with Crippen molar-refractivity contribution in [1.82, 2.24) is 4.98 Å². The molecule has 0 N–H and O–H groups in total. The van der Waals surface area contributed by atoms with Crippen molar-refractivity contribution in [3.8, 4) is 11.5 Å². The van der Waals surface area contributed by atoms with Gasteiger partial charge in [-0.2, -0.15) is 0 Å². The molecule has 1 aromatic carbocycles. The van der Waals surface area contributed by atoms with Gasteiger partial charge in [0.1, 0.15) is 0 Å². The van der Waals surface area contributed by atoms with Gasteiger partial charge in [0.2, 0.25) is 11.7 Å². The molecule has 0 fully saturated rings. The molecule has 0 aliphatic rings. The van der Waals surface area contributed by atoms with Crippen LogP contribution in [0, 0.1) is 13.8 Å². The van der Waals surface area contributed by atoms with Crippen LogP contribution in [0.2, 0.25) is 0 Å². The first kappa shape index (κ1) is 14.3. The van der Waals surface area contributed by atoms with Gasteiger partial charge in [0.25, 0.3) is 0 Å². The van der Waals surface area contributed by atoms with Crippen LogP contribution in [0.1, 0.15) is 40.7 Å². The maximum atomic E-state index is 11.7. The summed E-state index contributed by atoms with van der Waals surface area (Å²) in [6.07, 6.45) is 1.58. The standard InChI is InChI=1S/C16H19NO3/c1-5-6-13-14(16(18)19-4)20-15(17-13)12-9-10(2)7-8-11(12)3/h7-9H,5-6H2,1-4H3. The first-order valence-electron chi connectivity index (χ1n) is 6.72. The molecule has 4 heteroatoms. The summed E-state index contributed by atoms with van der Waals surface area (Å²) in [7, 11) is 1.35. The Kier molecular flexibility index (Phi) is 4.23. The molecule has 0 aliphatic carbocycles. The average molecular weight is 273 g/mol. The second-order valence-corrected chi connectivity index (χ2v) is 4.85. The van der Waals surface area contributed by atoms with E-state index in [1.165, 1.54) is 7.11 Å². The second kappa shape index (κ2) is 5.90. The van der Waals surface area contributed by atoms with Gasteiger partial charge < -0.3 is 9.15 Å². The van der Waals surface area contributed by atoms with Crippen LogP contribution in [0.25, 0.3) is 11.5 Å². The Morgan fingerprint density at radius 3 is 2.75 bits per heavy atom. The van der Waals surface area contributed by atoms with Gasteiger partial charge in [0.05, 0.1) is 12.8 Å². The maximum absolute atomic E-state index is 11.7. The SMILES string of the molecule is CCCc1nc(-c2cc(C)ccc2C)oc1C(=O)OC. The summed E-state index contributed by atoms with van der Waals surface area (Å²) in [6.45, 7) is 6.05. The van der Waals surface area contributed by atoms with Gasteiger partial charge in [0, 0.05) is 5.56 Å². The minimum Gasteiger partial charge on any atom is -0.463 e. The van der Waals surface area contributed by atoms with E-state index in [0.717, 1.165) is 23.1 Å². The number of nitrogens with zero attached hydrogens (tertiary/aromatic N) is 1. The molecule has 1 heterocycles. The summed E-state index contributed by atoms with van der Waals surface area (Å²) in [4.78, 5) is 16.2. The number of rotatable bonds is 4. The third-order valence-electron chi connectivity index (χ3n) is 3.18. The Morgan fingerprint density at radius 1 is 1.35 bits per heavy atom. The number of ether oxygens (including phenoxy) is 1. The van der Waals surface area contributed by atoms with Crippen LogP contribution in [0.15, 0.2) is 22.6 Å². The fourth-order valence-electron chi connectivity index (χ4n) is 2.09. The van der Waals surface area contributed by atoms with Gasteiger partial charge in [-0.05, 0) is 31.9 Å². The minimum absolute atomic E-state index is 0.213. The van der Waals surface area contributed by atoms with E-state index in [2.05, 4.69) is 4.98 Å². The van der Waals surface area contributed by atoms with Crippen LogP contribution >= 0.6 is 0 Å². The van der Waals surface area contributed by atoms with E-state index in [1.54, 1.807) is 0 Å².